The minimum Gasteiger partial charge on any atom is -0.352 e. The van der Waals surface area contributed by atoms with E-state index < -0.39 is 0 Å². The van der Waals surface area contributed by atoms with Crippen LogP contribution in [0.4, 0.5) is 5.69 Å². The Bertz CT molecular complexity index is 896. The molecule has 1 aromatic heterocycles. The lowest BCUT2D eigenvalue weighted by Crippen LogP contribution is -2.00. The number of Topliss-reactive ketones (excluding diaryl/α,β-unsaturated/α-hetero) is 1. The maximum absolute atomic E-state index is 12.3. The van der Waals surface area contributed by atoms with E-state index in [4.69, 9.17) is 0 Å². The second-order valence-corrected chi connectivity index (χ2v) is 4.99. The van der Waals surface area contributed by atoms with Crippen molar-refractivity contribution in [3.8, 4) is 0 Å². The van der Waals surface area contributed by atoms with Crippen molar-refractivity contribution in [1.29, 1.82) is 0 Å². The largest absolute Gasteiger partial charge is 0.352 e. The number of nitrogens with zero attached hydrogens (tertiary/aromatic N) is 1. The van der Waals surface area contributed by atoms with E-state index in [0.717, 1.165) is 22.3 Å². The quantitative estimate of drug-likeness (QED) is 0.683. The highest BCUT2D eigenvalue weighted by atomic mass is 16.1. The number of ketones is 1. The highest BCUT2D eigenvalue weighted by molar-refractivity contribution is 6.20. The molecule has 4 rings (SSSR count). The van der Waals surface area contributed by atoms with Crippen molar-refractivity contribution in [1.82, 2.24) is 4.98 Å². The molecule has 0 unspecified atom stereocenters. The predicted octanol–water partition coefficient (Wildman–Crippen LogP) is 3.88. The number of nitrogens with one attached hydrogen (secondary N) is 1. The number of para-hydroxylation sites is 2. The molecule has 0 saturated carbocycles. The second-order valence-electron chi connectivity index (χ2n) is 4.99. The first-order valence-electron chi connectivity index (χ1n) is 6.79. The molecular weight excluding hydrogens is 260 g/mol. The standard InChI is InChI=1S/C18H12N2O/c21-18-14-6-2-4-8-16(14)20-17(18)11-13-10-9-12-5-1-3-7-15(12)19-13/h1-11,20H/b17-11-. The van der Waals surface area contributed by atoms with Gasteiger partial charge in [-0.3, -0.25) is 4.79 Å². The average Bonchev–Trinajstić information content (AvgIpc) is 2.84. The summed E-state index contributed by atoms with van der Waals surface area (Å²) in [7, 11) is 0. The number of aromatic nitrogens is 1. The van der Waals surface area contributed by atoms with Crippen molar-refractivity contribution in [3.05, 3.63) is 77.6 Å². The van der Waals surface area contributed by atoms with Gasteiger partial charge in [0.1, 0.15) is 0 Å². The zero-order chi connectivity index (χ0) is 14.2. The van der Waals surface area contributed by atoms with Gasteiger partial charge in [0.15, 0.2) is 0 Å². The van der Waals surface area contributed by atoms with E-state index in [-0.39, 0.29) is 5.78 Å². The Morgan fingerprint density at radius 3 is 2.62 bits per heavy atom. The molecule has 21 heavy (non-hydrogen) atoms. The van der Waals surface area contributed by atoms with E-state index in [0.29, 0.717) is 11.3 Å². The SMILES string of the molecule is O=C1/C(=C/c2ccc3ccccc3n2)Nc2ccccc21. The fourth-order valence-electron chi connectivity index (χ4n) is 2.55. The van der Waals surface area contributed by atoms with Gasteiger partial charge in [0.2, 0.25) is 5.78 Å². The highest BCUT2D eigenvalue weighted by Gasteiger charge is 2.23. The summed E-state index contributed by atoms with van der Waals surface area (Å²) < 4.78 is 0. The highest BCUT2D eigenvalue weighted by Crippen LogP contribution is 2.28. The molecule has 2 aromatic carbocycles. The lowest BCUT2D eigenvalue weighted by molar-refractivity contribution is 0.104. The molecule has 1 aliphatic heterocycles. The number of benzene rings is 2. The van der Waals surface area contributed by atoms with Crippen molar-refractivity contribution in [3.63, 3.8) is 0 Å². The molecule has 1 aliphatic rings. The van der Waals surface area contributed by atoms with E-state index in [9.17, 15) is 4.79 Å². The summed E-state index contributed by atoms with van der Waals surface area (Å²) in [6, 6.07) is 19.4. The zero-order valence-corrected chi connectivity index (χ0v) is 11.2. The molecule has 0 bridgehead atoms. The Balaban J connectivity index is 1.76. The summed E-state index contributed by atoms with van der Waals surface area (Å²) in [5.41, 5.74) is 3.84. The Morgan fingerprint density at radius 1 is 0.905 bits per heavy atom. The van der Waals surface area contributed by atoms with Crippen LogP contribution < -0.4 is 5.32 Å². The number of carbonyl (C=O) groups excluding carboxylic acids is 1. The van der Waals surface area contributed by atoms with Crippen molar-refractivity contribution < 1.29 is 4.79 Å². The minimum absolute atomic E-state index is 0.0144. The Morgan fingerprint density at radius 2 is 1.71 bits per heavy atom. The summed E-state index contributed by atoms with van der Waals surface area (Å²) in [6.45, 7) is 0. The Hall–Kier alpha value is -2.94. The van der Waals surface area contributed by atoms with E-state index in [1.165, 1.54) is 0 Å². The molecule has 100 valence electrons. The van der Waals surface area contributed by atoms with Crippen LogP contribution in [-0.4, -0.2) is 10.8 Å². The van der Waals surface area contributed by atoms with Crippen LogP contribution in [0.3, 0.4) is 0 Å². The van der Waals surface area contributed by atoms with Crippen LogP contribution in [0.2, 0.25) is 0 Å². The summed E-state index contributed by atoms with van der Waals surface area (Å²) in [5.74, 6) is 0.0144. The predicted molar refractivity (Wildman–Crippen MR) is 84.1 cm³/mol. The van der Waals surface area contributed by atoms with E-state index in [1.54, 1.807) is 6.08 Å². The van der Waals surface area contributed by atoms with Crippen molar-refractivity contribution in [2.75, 3.05) is 5.32 Å². The van der Waals surface area contributed by atoms with Gasteiger partial charge in [0.05, 0.1) is 16.9 Å². The molecular formula is C18H12N2O. The molecule has 0 fully saturated rings. The minimum atomic E-state index is 0.0144. The van der Waals surface area contributed by atoms with Gasteiger partial charge < -0.3 is 5.32 Å². The summed E-state index contributed by atoms with van der Waals surface area (Å²) in [4.78, 5) is 16.9. The molecule has 0 radical (unpaired) electrons. The van der Waals surface area contributed by atoms with Crippen LogP contribution in [0.25, 0.3) is 17.0 Å². The van der Waals surface area contributed by atoms with Crippen molar-refractivity contribution >= 4 is 28.4 Å². The summed E-state index contributed by atoms with van der Waals surface area (Å²) in [6.07, 6.45) is 1.80. The third-order valence-corrected chi connectivity index (χ3v) is 3.60. The maximum atomic E-state index is 12.3. The summed E-state index contributed by atoms with van der Waals surface area (Å²) in [5, 5.41) is 4.24. The van der Waals surface area contributed by atoms with Crippen LogP contribution >= 0.6 is 0 Å². The Kier molecular flexibility index (Phi) is 2.57. The normalized spacial score (nSPS) is 15.2. The van der Waals surface area contributed by atoms with E-state index in [2.05, 4.69) is 10.3 Å². The maximum Gasteiger partial charge on any atom is 0.211 e. The average molecular weight is 272 g/mol. The van der Waals surface area contributed by atoms with Gasteiger partial charge in [-0.1, -0.05) is 36.4 Å². The molecule has 1 N–H and O–H groups in total. The molecule has 3 aromatic rings. The van der Waals surface area contributed by atoms with E-state index in [1.807, 2.05) is 60.7 Å². The van der Waals surface area contributed by atoms with E-state index >= 15 is 0 Å². The topological polar surface area (TPSA) is 42.0 Å². The first-order valence-corrected chi connectivity index (χ1v) is 6.79. The second kappa shape index (κ2) is 4.56. The number of hydrogen-bond donors (Lipinski definition) is 1. The van der Waals surface area contributed by atoms with Gasteiger partial charge in [-0.15, -0.1) is 0 Å². The third-order valence-electron chi connectivity index (χ3n) is 3.60. The zero-order valence-electron chi connectivity index (χ0n) is 11.2. The number of allylic oxidation sites excluding steroid dienone is 1. The van der Waals surface area contributed by atoms with Gasteiger partial charge in [-0.05, 0) is 30.3 Å². The number of anilines is 1. The lowest BCUT2D eigenvalue weighted by atomic mass is 10.1. The van der Waals surface area contributed by atoms with Crippen LogP contribution in [0.15, 0.2) is 66.4 Å². The van der Waals surface area contributed by atoms with Gasteiger partial charge in [-0.25, -0.2) is 4.98 Å². The molecule has 0 spiro atoms. The van der Waals surface area contributed by atoms with Crippen LogP contribution in [0.5, 0.6) is 0 Å². The van der Waals surface area contributed by atoms with Gasteiger partial charge >= 0.3 is 0 Å². The van der Waals surface area contributed by atoms with Gasteiger partial charge in [0.25, 0.3) is 0 Å². The fraction of sp³-hybridized carbons (Fsp3) is 0. The van der Waals surface area contributed by atoms with Crippen LogP contribution in [0.1, 0.15) is 16.1 Å². The number of fused-ring (bicyclic) bond motifs is 2. The molecule has 2 heterocycles. The fourth-order valence-corrected chi connectivity index (χ4v) is 2.55. The van der Waals surface area contributed by atoms with Crippen LogP contribution in [-0.2, 0) is 0 Å². The van der Waals surface area contributed by atoms with Gasteiger partial charge in [0, 0.05) is 16.6 Å². The van der Waals surface area contributed by atoms with Crippen molar-refractivity contribution in [2.24, 2.45) is 0 Å². The number of hydrogen-bond acceptors (Lipinski definition) is 3. The molecule has 0 amide bonds. The van der Waals surface area contributed by atoms with Crippen molar-refractivity contribution in [2.45, 2.75) is 0 Å². The summed E-state index contributed by atoms with van der Waals surface area (Å²) >= 11 is 0. The lowest BCUT2D eigenvalue weighted by Gasteiger charge is -2.01. The number of carbonyl (C=O) groups is 1. The molecule has 0 aliphatic carbocycles. The first kappa shape index (κ1) is 11.9. The Labute approximate surface area is 122 Å². The number of pyridine rings is 1. The third kappa shape index (κ3) is 1.99. The number of rotatable bonds is 1. The monoisotopic (exact) mass is 272 g/mol. The molecule has 0 atom stereocenters. The molecule has 0 saturated heterocycles. The van der Waals surface area contributed by atoms with Crippen LogP contribution in [0, 0.1) is 0 Å². The van der Waals surface area contributed by atoms with Gasteiger partial charge in [-0.2, -0.15) is 0 Å². The first-order chi connectivity index (χ1) is 10.3. The smallest absolute Gasteiger partial charge is 0.211 e. The molecule has 3 heteroatoms. The molecule has 3 nitrogen and oxygen atoms in total.